The Hall–Kier alpha value is -2.15. The number of thioether (sulfide) groups is 1. The summed E-state index contributed by atoms with van der Waals surface area (Å²) in [6.07, 6.45) is 0.182. The maximum atomic E-state index is 13.1. The zero-order valence-electron chi connectivity index (χ0n) is 15.9. The molecule has 6 nitrogen and oxygen atoms in total. The summed E-state index contributed by atoms with van der Waals surface area (Å²) in [5.41, 5.74) is 2.34. The molecule has 1 saturated heterocycles. The molecule has 0 radical (unpaired) electrons. The highest BCUT2D eigenvalue weighted by atomic mass is 79.9. The van der Waals surface area contributed by atoms with Gasteiger partial charge in [-0.2, -0.15) is 5.26 Å². The van der Waals surface area contributed by atoms with Gasteiger partial charge in [-0.05, 0) is 57.9 Å². The van der Waals surface area contributed by atoms with E-state index >= 15 is 0 Å². The Morgan fingerprint density at radius 3 is 2.67 bits per heavy atom. The number of carbonyl (C=O) groups is 1. The molecule has 0 aliphatic carbocycles. The first kappa shape index (κ1) is 21.1. The number of rotatable bonds is 3. The maximum Gasteiger partial charge on any atom is 0.229 e. The molecule has 0 spiro atoms. The van der Waals surface area contributed by atoms with E-state index in [1.165, 1.54) is 18.9 Å². The van der Waals surface area contributed by atoms with Gasteiger partial charge in [0, 0.05) is 22.5 Å². The highest BCUT2D eigenvalue weighted by Gasteiger charge is 2.38. The van der Waals surface area contributed by atoms with E-state index in [0.717, 1.165) is 15.7 Å². The van der Waals surface area contributed by atoms with E-state index in [1.807, 2.05) is 24.3 Å². The minimum Gasteiger partial charge on any atom is -0.503 e. The van der Waals surface area contributed by atoms with Crippen molar-refractivity contribution in [3.05, 3.63) is 61.5 Å². The van der Waals surface area contributed by atoms with Crippen LogP contribution in [0.4, 0.5) is 5.69 Å². The van der Waals surface area contributed by atoms with Gasteiger partial charge in [0.2, 0.25) is 5.91 Å². The summed E-state index contributed by atoms with van der Waals surface area (Å²) in [7, 11) is 1.47. The number of phenols is 1. The van der Waals surface area contributed by atoms with Crippen molar-refractivity contribution in [1.82, 2.24) is 4.90 Å². The molecule has 0 saturated carbocycles. The molecule has 1 fully saturated rings. The van der Waals surface area contributed by atoms with Crippen molar-refractivity contribution >= 4 is 55.2 Å². The first-order chi connectivity index (χ1) is 14.4. The summed E-state index contributed by atoms with van der Waals surface area (Å²) < 4.78 is 6.70. The van der Waals surface area contributed by atoms with E-state index < -0.39 is 0 Å². The number of carbonyl (C=O) groups excluding carboxylic acids is 1. The highest BCUT2D eigenvalue weighted by molar-refractivity contribution is 9.10. The smallest absolute Gasteiger partial charge is 0.229 e. The Morgan fingerprint density at radius 2 is 2.00 bits per heavy atom. The Bertz CT molecular complexity index is 1080. The third-order valence-electron chi connectivity index (χ3n) is 5.16. The molecule has 2 heterocycles. The van der Waals surface area contributed by atoms with Gasteiger partial charge in [-0.15, -0.1) is 0 Å². The molecule has 1 atom stereocenters. The van der Waals surface area contributed by atoms with Crippen LogP contribution in [0.5, 0.6) is 11.5 Å². The minimum atomic E-state index is -0.383. The van der Waals surface area contributed by atoms with Crippen LogP contribution < -0.4 is 9.64 Å². The number of phenolic OH excluding ortho intramolecular Hbond substituents is 1. The summed E-state index contributed by atoms with van der Waals surface area (Å²) in [6.45, 7) is 0.406. The molecule has 0 bridgehead atoms. The first-order valence-corrected chi connectivity index (χ1v) is 11.6. The van der Waals surface area contributed by atoms with Crippen LogP contribution in [0.2, 0.25) is 0 Å². The fraction of sp³-hybridized carbons (Fsp3) is 0.238. The highest BCUT2D eigenvalue weighted by Crippen LogP contribution is 2.46. The molecule has 0 aromatic heterocycles. The number of amides is 1. The standard InChI is InChI=1S/C21H17Br2N3O3S/c1-29-18-7-12(6-17(23)20(18)28)15-8-19(27)26-10-25(11-30-21(26)16(15)9-24)14-4-2-13(22)3-5-14/h2-7,15,28H,8,10-11H2,1H3/t15-/m1/s1. The van der Waals surface area contributed by atoms with Gasteiger partial charge >= 0.3 is 0 Å². The van der Waals surface area contributed by atoms with E-state index in [9.17, 15) is 15.2 Å². The minimum absolute atomic E-state index is 0.00615. The Labute approximate surface area is 195 Å². The fourth-order valence-electron chi connectivity index (χ4n) is 3.61. The largest absolute Gasteiger partial charge is 0.503 e. The van der Waals surface area contributed by atoms with Crippen LogP contribution in [0, 0.1) is 11.3 Å². The number of nitrogens with zero attached hydrogens (tertiary/aromatic N) is 3. The van der Waals surface area contributed by atoms with E-state index in [0.29, 0.717) is 33.4 Å². The molecular weight excluding hydrogens is 534 g/mol. The predicted octanol–water partition coefficient (Wildman–Crippen LogP) is 5.15. The number of fused-ring (bicyclic) bond motifs is 1. The molecule has 1 N–H and O–H groups in total. The van der Waals surface area contributed by atoms with Gasteiger partial charge in [0.1, 0.15) is 0 Å². The average molecular weight is 551 g/mol. The average Bonchev–Trinajstić information content (AvgIpc) is 2.76. The van der Waals surface area contributed by atoms with Gasteiger partial charge < -0.3 is 14.7 Å². The normalized spacial score (nSPS) is 18.9. The number of ether oxygens (including phenoxy) is 1. The lowest BCUT2D eigenvalue weighted by molar-refractivity contribution is -0.129. The summed E-state index contributed by atoms with van der Waals surface area (Å²) >= 11 is 8.26. The van der Waals surface area contributed by atoms with Gasteiger partial charge in [0.05, 0.1) is 40.8 Å². The second-order valence-corrected chi connectivity index (χ2v) is 9.60. The number of halogens is 2. The summed E-state index contributed by atoms with van der Waals surface area (Å²) in [6, 6.07) is 13.7. The Kier molecular flexibility index (Phi) is 6.00. The van der Waals surface area contributed by atoms with E-state index in [2.05, 4.69) is 42.8 Å². The van der Waals surface area contributed by atoms with Crippen molar-refractivity contribution in [3.63, 3.8) is 0 Å². The topological polar surface area (TPSA) is 76.8 Å². The van der Waals surface area contributed by atoms with Crippen molar-refractivity contribution in [3.8, 4) is 17.6 Å². The van der Waals surface area contributed by atoms with Crippen LogP contribution in [0.3, 0.4) is 0 Å². The van der Waals surface area contributed by atoms with Gasteiger partial charge in [-0.3, -0.25) is 9.69 Å². The quantitative estimate of drug-likeness (QED) is 0.570. The molecule has 30 heavy (non-hydrogen) atoms. The SMILES string of the molecule is COc1cc([C@H]2CC(=O)N3CN(c4ccc(Br)cc4)CSC3=C2C#N)cc(Br)c1O. The number of aromatic hydroxyl groups is 1. The Morgan fingerprint density at radius 1 is 1.27 bits per heavy atom. The van der Waals surface area contributed by atoms with Crippen LogP contribution in [-0.2, 0) is 4.79 Å². The van der Waals surface area contributed by atoms with Crippen LogP contribution >= 0.6 is 43.6 Å². The third kappa shape index (κ3) is 3.80. The van der Waals surface area contributed by atoms with Crippen molar-refractivity contribution < 1.29 is 14.6 Å². The number of anilines is 1. The van der Waals surface area contributed by atoms with Crippen LogP contribution in [0.25, 0.3) is 0 Å². The van der Waals surface area contributed by atoms with Crippen molar-refractivity contribution in [1.29, 1.82) is 5.26 Å². The monoisotopic (exact) mass is 549 g/mol. The molecule has 2 aromatic carbocycles. The zero-order valence-corrected chi connectivity index (χ0v) is 19.9. The molecule has 9 heteroatoms. The zero-order chi connectivity index (χ0) is 21.4. The lowest BCUT2D eigenvalue weighted by Gasteiger charge is -2.42. The number of methoxy groups -OCH3 is 1. The van der Waals surface area contributed by atoms with E-state index in [-0.39, 0.29) is 24.0 Å². The number of hydrogen-bond donors (Lipinski definition) is 1. The Balaban J connectivity index is 1.69. The van der Waals surface area contributed by atoms with Crippen molar-refractivity contribution in [2.45, 2.75) is 12.3 Å². The van der Waals surface area contributed by atoms with Gasteiger partial charge in [0.15, 0.2) is 11.5 Å². The van der Waals surface area contributed by atoms with Gasteiger partial charge in [-0.25, -0.2) is 0 Å². The molecule has 2 aromatic rings. The molecule has 2 aliphatic rings. The van der Waals surface area contributed by atoms with Gasteiger partial charge in [0.25, 0.3) is 0 Å². The molecule has 4 rings (SSSR count). The van der Waals surface area contributed by atoms with Crippen molar-refractivity contribution in [2.24, 2.45) is 0 Å². The molecule has 0 unspecified atom stereocenters. The number of nitriles is 1. The summed E-state index contributed by atoms with van der Waals surface area (Å²) in [4.78, 5) is 16.9. The van der Waals surface area contributed by atoms with E-state index in [1.54, 1.807) is 17.0 Å². The molecule has 2 aliphatic heterocycles. The lowest BCUT2D eigenvalue weighted by Crippen LogP contribution is -2.47. The number of allylic oxidation sites excluding steroid dienone is 1. The molecular formula is C21H17Br2N3O3S. The van der Waals surface area contributed by atoms with Gasteiger partial charge in [-0.1, -0.05) is 27.7 Å². The second kappa shape index (κ2) is 8.53. The van der Waals surface area contributed by atoms with Crippen LogP contribution in [0.1, 0.15) is 17.9 Å². The summed E-state index contributed by atoms with van der Waals surface area (Å²) in [5.74, 6) is 0.515. The third-order valence-corrected chi connectivity index (χ3v) is 7.45. The lowest BCUT2D eigenvalue weighted by atomic mass is 9.86. The molecule has 154 valence electrons. The predicted molar refractivity (Wildman–Crippen MR) is 123 cm³/mol. The van der Waals surface area contributed by atoms with E-state index in [4.69, 9.17) is 4.74 Å². The second-order valence-electron chi connectivity index (χ2n) is 6.89. The van der Waals surface area contributed by atoms with Crippen LogP contribution in [-0.4, -0.2) is 35.6 Å². The van der Waals surface area contributed by atoms with Crippen LogP contribution in [0.15, 0.2) is 55.9 Å². The maximum absolute atomic E-state index is 13.1. The molecule has 1 amide bonds. The number of hydrogen-bond acceptors (Lipinski definition) is 6. The fourth-order valence-corrected chi connectivity index (χ4v) is 5.50. The number of benzene rings is 2. The van der Waals surface area contributed by atoms with Crippen molar-refractivity contribution in [2.75, 3.05) is 24.6 Å². The first-order valence-electron chi connectivity index (χ1n) is 9.07. The summed E-state index contributed by atoms with van der Waals surface area (Å²) in [5, 5.41) is 20.7.